The minimum atomic E-state index is -0.132. The van der Waals surface area contributed by atoms with Gasteiger partial charge in [0.15, 0.2) is 0 Å². The Balaban J connectivity index is 3.95. The lowest BCUT2D eigenvalue weighted by Gasteiger charge is -2.22. The van der Waals surface area contributed by atoms with E-state index in [1.54, 1.807) is 0 Å². The molecule has 0 saturated heterocycles. The van der Waals surface area contributed by atoms with Crippen LogP contribution >= 0.6 is 0 Å². The summed E-state index contributed by atoms with van der Waals surface area (Å²) >= 11 is 0. The van der Waals surface area contributed by atoms with Crippen molar-refractivity contribution >= 4 is 6.29 Å². The van der Waals surface area contributed by atoms with E-state index in [9.17, 15) is 4.79 Å². The van der Waals surface area contributed by atoms with Gasteiger partial charge in [-0.05, 0) is 46.0 Å². The van der Waals surface area contributed by atoms with Gasteiger partial charge in [-0.15, -0.1) is 6.58 Å². The second-order valence-corrected chi connectivity index (χ2v) is 5.13. The monoisotopic (exact) mass is 222 g/mol. The molecular weight excluding hydrogens is 196 g/mol. The van der Waals surface area contributed by atoms with Gasteiger partial charge >= 0.3 is 0 Å². The smallest absolute Gasteiger partial charge is 0.125 e. The third-order valence-corrected chi connectivity index (χ3v) is 2.96. The summed E-state index contributed by atoms with van der Waals surface area (Å²) in [7, 11) is 0. The largest absolute Gasteiger partial charge is 0.303 e. The Morgan fingerprint density at radius 3 is 2.38 bits per heavy atom. The van der Waals surface area contributed by atoms with Gasteiger partial charge in [0, 0.05) is 5.41 Å². The van der Waals surface area contributed by atoms with Crippen LogP contribution in [0.2, 0.25) is 0 Å². The van der Waals surface area contributed by atoms with Crippen LogP contribution in [0.4, 0.5) is 0 Å². The number of carbonyl (C=O) groups is 1. The summed E-state index contributed by atoms with van der Waals surface area (Å²) in [6.45, 7) is 9.98. The van der Waals surface area contributed by atoms with Crippen LogP contribution in [0.1, 0.15) is 59.3 Å². The highest BCUT2D eigenvalue weighted by Crippen LogP contribution is 2.28. The van der Waals surface area contributed by atoms with Crippen molar-refractivity contribution in [3.8, 4) is 0 Å². The molecule has 0 bridgehead atoms. The van der Waals surface area contributed by atoms with E-state index in [1.807, 2.05) is 6.08 Å². The lowest BCUT2D eigenvalue weighted by Crippen LogP contribution is -2.17. The lowest BCUT2D eigenvalue weighted by molar-refractivity contribution is -0.116. The van der Waals surface area contributed by atoms with Crippen molar-refractivity contribution < 1.29 is 4.79 Å². The fourth-order valence-corrected chi connectivity index (χ4v) is 1.75. The molecule has 1 atom stereocenters. The summed E-state index contributed by atoms with van der Waals surface area (Å²) in [5, 5.41) is 0. The fraction of sp³-hybridized carbons (Fsp3) is 0.667. The van der Waals surface area contributed by atoms with Crippen LogP contribution in [-0.4, -0.2) is 6.29 Å². The maximum absolute atomic E-state index is 11.1. The first-order chi connectivity index (χ1) is 7.54. The first-order valence-electron chi connectivity index (χ1n) is 6.24. The Morgan fingerprint density at radius 1 is 1.19 bits per heavy atom. The van der Waals surface area contributed by atoms with Gasteiger partial charge in [-0.1, -0.05) is 31.1 Å². The first-order valence-corrected chi connectivity index (χ1v) is 6.24. The zero-order valence-electron chi connectivity index (χ0n) is 11.1. The zero-order chi connectivity index (χ0) is 12.4. The molecule has 0 aromatic heterocycles. The van der Waals surface area contributed by atoms with Gasteiger partial charge in [0.05, 0.1) is 0 Å². The molecule has 0 saturated carbocycles. The topological polar surface area (TPSA) is 17.1 Å². The van der Waals surface area contributed by atoms with Crippen LogP contribution in [-0.2, 0) is 4.79 Å². The van der Waals surface area contributed by atoms with Gasteiger partial charge < -0.3 is 4.79 Å². The average Bonchev–Trinajstić information content (AvgIpc) is 2.24. The molecule has 0 heterocycles. The molecule has 0 aromatic rings. The molecule has 0 spiro atoms. The summed E-state index contributed by atoms with van der Waals surface area (Å²) in [4.78, 5) is 11.1. The average molecular weight is 222 g/mol. The normalized spacial score (nSPS) is 13.9. The van der Waals surface area contributed by atoms with Crippen molar-refractivity contribution in [2.45, 2.75) is 59.3 Å². The van der Waals surface area contributed by atoms with Gasteiger partial charge in [-0.2, -0.15) is 0 Å². The van der Waals surface area contributed by atoms with Gasteiger partial charge in [0.1, 0.15) is 6.29 Å². The Bertz CT molecular complexity index is 236. The molecule has 1 unspecified atom stereocenters. The first kappa shape index (κ1) is 15.2. The van der Waals surface area contributed by atoms with Crippen molar-refractivity contribution in [2.75, 3.05) is 0 Å². The van der Waals surface area contributed by atoms with Crippen LogP contribution in [0.25, 0.3) is 0 Å². The third-order valence-electron chi connectivity index (χ3n) is 2.96. The highest BCUT2D eigenvalue weighted by molar-refractivity contribution is 5.58. The van der Waals surface area contributed by atoms with Crippen LogP contribution in [0, 0.1) is 5.41 Å². The minimum Gasteiger partial charge on any atom is -0.303 e. The molecule has 0 aliphatic carbocycles. The second-order valence-electron chi connectivity index (χ2n) is 5.13. The van der Waals surface area contributed by atoms with Crippen LogP contribution in [0.3, 0.4) is 0 Å². The van der Waals surface area contributed by atoms with E-state index < -0.39 is 0 Å². The highest BCUT2D eigenvalue weighted by Gasteiger charge is 2.21. The highest BCUT2D eigenvalue weighted by atomic mass is 16.1. The fourth-order valence-electron chi connectivity index (χ4n) is 1.75. The van der Waals surface area contributed by atoms with E-state index in [0.717, 1.165) is 44.8 Å². The predicted molar refractivity (Wildman–Crippen MR) is 71.5 cm³/mol. The Hall–Kier alpha value is -0.850. The number of aldehydes is 1. The summed E-state index contributed by atoms with van der Waals surface area (Å²) in [5.41, 5.74) is 1.20. The van der Waals surface area contributed by atoms with Gasteiger partial charge in [0.25, 0.3) is 0 Å². The Kier molecular flexibility index (Phi) is 7.88. The molecule has 1 heteroatoms. The van der Waals surface area contributed by atoms with E-state index >= 15 is 0 Å². The van der Waals surface area contributed by atoms with Crippen molar-refractivity contribution in [1.29, 1.82) is 0 Å². The van der Waals surface area contributed by atoms with Gasteiger partial charge in [0.2, 0.25) is 0 Å². The molecule has 0 aromatic carbocycles. The SMILES string of the molecule is C=CCCCCC(C)(C=O)CCC=C(C)C. The lowest BCUT2D eigenvalue weighted by atomic mass is 9.82. The molecule has 0 aliphatic heterocycles. The maximum Gasteiger partial charge on any atom is 0.125 e. The van der Waals surface area contributed by atoms with E-state index in [4.69, 9.17) is 0 Å². The van der Waals surface area contributed by atoms with Gasteiger partial charge in [-0.3, -0.25) is 0 Å². The van der Waals surface area contributed by atoms with Crippen LogP contribution in [0.15, 0.2) is 24.3 Å². The van der Waals surface area contributed by atoms with E-state index in [0.29, 0.717) is 0 Å². The van der Waals surface area contributed by atoms with Crippen molar-refractivity contribution in [1.82, 2.24) is 0 Å². The van der Waals surface area contributed by atoms with Crippen molar-refractivity contribution in [3.05, 3.63) is 24.3 Å². The molecule has 0 fully saturated rings. The number of hydrogen-bond acceptors (Lipinski definition) is 1. The zero-order valence-corrected chi connectivity index (χ0v) is 11.1. The Morgan fingerprint density at radius 2 is 1.88 bits per heavy atom. The van der Waals surface area contributed by atoms with Crippen LogP contribution in [0.5, 0.6) is 0 Å². The van der Waals surface area contributed by atoms with Gasteiger partial charge in [-0.25, -0.2) is 0 Å². The van der Waals surface area contributed by atoms with E-state index in [1.165, 1.54) is 5.57 Å². The number of carbonyl (C=O) groups excluding carboxylic acids is 1. The number of unbranched alkanes of at least 4 members (excludes halogenated alkanes) is 2. The number of hydrogen-bond donors (Lipinski definition) is 0. The van der Waals surface area contributed by atoms with Crippen molar-refractivity contribution in [3.63, 3.8) is 0 Å². The molecule has 0 N–H and O–H groups in total. The molecule has 1 nitrogen and oxygen atoms in total. The molecule has 16 heavy (non-hydrogen) atoms. The third kappa shape index (κ3) is 7.44. The molecule has 0 aliphatic rings. The standard InChI is InChI=1S/C15H26O/c1-5-6-7-8-11-15(4,13-16)12-9-10-14(2)3/h5,10,13H,1,6-9,11-12H2,2-4H3. The summed E-state index contributed by atoms with van der Waals surface area (Å²) < 4.78 is 0. The molecule has 0 rings (SSSR count). The quantitative estimate of drug-likeness (QED) is 0.314. The molecule has 0 radical (unpaired) electrons. The summed E-state index contributed by atoms with van der Waals surface area (Å²) in [6.07, 6.45) is 11.6. The van der Waals surface area contributed by atoms with E-state index in [-0.39, 0.29) is 5.41 Å². The Labute approximate surface area is 101 Å². The molecule has 92 valence electrons. The second kappa shape index (κ2) is 8.32. The molecular formula is C15H26O. The predicted octanol–water partition coefficient (Wildman–Crippen LogP) is 4.68. The number of allylic oxidation sites excluding steroid dienone is 3. The molecule has 0 amide bonds. The summed E-state index contributed by atoms with van der Waals surface area (Å²) in [6, 6.07) is 0. The minimum absolute atomic E-state index is 0.132. The van der Waals surface area contributed by atoms with Crippen LogP contribution < -0.4 is 0 Å². The number of rotatable bonds is 9. The maximum atomic E-state index is 11.1. The van der Waals surface area contributed by atoms with E-state index in [2.05, 4.69) is 33.4 Å². The van der Waals surface area contributed by atoms with Crippen molar-refractivity contribution in [2.24, 2.45) is 5.41 Å². The summed E-state index contributed by atoms with van der Waals surface area (Å²) in [5.74, 6) is 0.